The van der Waals surface area contributed by atoms with E-state index in [-0.39, 0.29) is 11.4 Å². The first-order valence-corrected chi connectivity index (χ1v) is 8.05. The number of aryl methyl sites for hydroxylation is 1. The van der Waals surface area contributed by atoms with Crippen LogP contribution in [0.3, 0.4) is 0 Å². The zero-order valence-electron chi connectivity index (χ0n) is 13.8. The van der Waals surface area contributed by atoms with Crippen LogP contribution in [0.1, 0.15) is 36.3 Å². The largest absolute Gasteiger partial charge is 0.444 e. The second kappa shape index (κ2) is 6.96. The van der Waals surface area contributed by atoms with Crippen LogP contribution in [0.2, 0.25) is 0 Å². The van der Waals surface area contributed by atoms with E-state index in [9.17, 15) is 14.0 Å². The number of halogens is 1. The van der Waals surface area contributed by atoms with Crippen LogP contribution in [-0.2, 0) is 4.74 Å². The normalized spacial score (nSPS) is 11.0. The number of carbonyl (C=O) groups excluding carboxylic acids is 2. The Hall–Kier alpha value is -2.48. The number of hydrogen-bond donors (Lipinski definition) is 2. The van der Waals surface area contributed by atoms with Gasteiger partial charge in [0.25, 0.3) is 5.91 Å². The molecule has 0 unspecified atom stereocenters. The second-order valence-electron chi connectivity index (χ2n) is 6.03. The number of amides is 2. The van der Waals surface area contributed by atoms with Crippen molar-refractivity contribution in [2.24, 2.45) is 0 Å². The van der Waals surface area contributed by atoms with Crippen LogP contribution >= 0.6 is 11.3 Å². The molecule has 0 saturated heterocycles. The highest BCUT2D eigenvalue weighted by Crippen LogP contribution is 2.21. The number of hydrogen-bond acceptors (Lipinski definition) is 5. The van der Waals surface area contributed by atoms with Gasteiger partial charge in [-0.05, 0) is 45.9 Å². The molecule has 2 N–H and O–H groups in total. The molecule has 1 heterocycles. The van der Waals surface area contributed by atoms with Crippen molar-refractivity contribution < 1.29 is 18.7 Å². The lowest BCUT2D eigenvalue weighted by atomic mass is 10.2. The molecule has 24 heavy (non-hydrogen) atoms. The van der Waals surface area contributed by atoms with E-state index in [0.29, 0.717) is 5.69 Å². The number of ether oxygens (including phenoxy) is 1. The molecule has 0 radical (unpaired) electrons. The lowest BCUT2D eigenvalue weighted by Crippen LogP contribution is -2.27. The summed E-state index contributed by atoms with van der Waals surface area (Å²) < 4.78 is 18.9. The molecule has 0 fully saturated rings. The Morgan fingerprint density at radius 3 is 2.54 bits per heavy atom. The van der Waals surface area contributed by atoms with Gasteiger partial charge in [-0.3, -0.25) is 10.1 Å². The van der Waals surface area contributed by atoms with Gasteiger partial charge in [0.1, 0.15) is 17.1 Å². The third-order valence-electron chi connectivity index (χ3n) is 2.71. The molecule has 128 valence electrons. The third kappa shape index (κ3) is 5.02. The predicted molar refractivity (Wildman–Crippen MR) is 91.1 cm³/mol. The maximum absolute atomic E-state index is 13.8. The standard InChI is InChI=1S/C16H18FN3O3S/c1-9-18-13(8-24-9)14(21)19-10-5-6-11(17)12(7-10)20-15(22)23-16(2,3)4/h5-8H,1-4H3,(H,19,21)(H,20,22). The van der Waals surface area contributed by atoms with Crippen LogP contribution in [-0.4, -0.2) is 22.6 Å². The van der Waals surface area contributed by atoms with Crippen molar-refractivity contribution in [3.05, 3.63) is 40.1 Å². The van der Waals surface area contributed by atoms with Crippen molar-refractivity contribution in [1.82, 2.24) is 4.98 Å². The van der Waals surface area contributed by atoms with Crippen LogP contribution in [0.4, 0.5) is 20.6 Å². The lowest BCUT2D eigenvalue weighted by molar-refractivity contribution is 0.0635. The van der Waals surface area contributed by atoms with Crippen molar-refractivity contribution in [3.63, 3.8) is 0 Å². The third-order valence-corrected chi connectivity index (χ3v) is 3.49. The number of benzene rings is 1. The first kappa shape index (κ1) is 17.9. The van der Waals surface area contributed by atoms with Crippen molar-refractivity contribution >= 4 is 34.7 Å². The van der Waals surface area contributed by atoms with Gasteiger partial charge in [0.05, 0.1) is 10.7 Å². The monoisotopic (exact) mass is 351 g/mol. The number of rotatable bonds is 3. The smallest absolute Gasteiger partial charge is 0.412 e. The molecule has 6 nitrogen and oxygen atoms in total. The minimum Gasteiger partial charge on any atom is -0.444 e. The van der Waals surface area contributed by atoms with E-state index in [0.717, 1.165) is 11.1 Å². The molecule has 0 aliphatic rings. The van der Waals surface area contributed by atoms with E-state index < -0.39 is 23.4 Å². The number of nitrogens with one attached hydrogen (secondary N) is 2. The van der Waals surface area contributed by atoms with E-state index in [1.165, 1.54) is 23.5 Å². The summed E-state index contributed by atoms with van der Waals surface area (Å²) in [5, 5.41) is 7.33. The van der Waals surface area contributed by atoms with Gasteiger partial charge < -0.3 is 10.1 Å². The summed E-state index contributed by atoms with van der Waals surface area (Å²) in [6.45, 7) is 6.91. The van der Waals surface area contributed by atoms with E-state index >= 15 is 0 Å². The highest BCUT2D eigenvalue weighted by Gasteiger charge is 2.18. The van der Waals surface area contributed by atoms with E-state index in [4.69, 9.17) is 4.74 Å². The summed E-state index contributed by atoms with van der Waals surface area (Å²) in [5.74, 6) is -1.04. The summed E-state index contributed by atoms with van der Waals surface area (Å²) >= 11 is 1.36. The van der Waals surface area contributed by atoms with Crippen LogP contribution in [0.15, 0.2) is 23.6 Å². The Morgan fingerprint density at radius 2 is 1.96 bits per heavy atom. The summed E-state index contributed by atoms with van der Waals surface area (Å²) in [7, 11) is 0. The minimum atomic E-state index is -0.778. The molecule has 1 aromatic heterocycles. The Balaban J connectivity index is 2.10. The number of thiazole rings is 1. The highest BCUT2D eigenvalue weighted by atomic mass is 32.1. The van der Waals surface area contributed by atoms with Gasteiger partial charge in [-0.2, -0.15) is 0 Å². The second-order valence-corrected chi connectivity index (χ2v) is 7.09. The first-order valence-electron chi connectivity index (χ1n) is 7.17. The molecule has 0 spiro atoms. The van der Waals surface area contributed by atoms with Gasteiger partial charge in [-0.1, -0.05) is 0 Å². The van der Waals surface area contributed by atoms with Crippen molar-refractivity contribution in [1.29, 1.82) is 0 Å². The number of carbonyl (C=O) groups is 2. The van der Waals surface area contributed by atoms with Crippen molar-refractivity contribution in [2.75, 3.05) is 10.6 Å². The molecule has 0 atom stereocenters. The first-order chi connectivity index (χ1) is 11.1. The molecule has 0 aliphatic heterocycles. The number of nitrogens with zero attached hydrogens (tertiary/aromatic N) is 1. The summed E-state index contributed by atoms with van der Waals surface area (Å²) in [6, 6.07) is 3.86. The Kier molecular flexibility index (Phi) is 5.18. The van der Waals surface area contributed by atoms with E-state index in [1.54, 1.807) is 33.1 Å². The molecule has 8 heteroatoms. The van der Waals surface area contributed by atoms with Crippen LogP contribution in [0.25, 0.3) is 0 Å². The fourth-order valence-corrected chi connectivity index (χ4v) is 2.37. The zero-order valence-corrected chi connectivity index (χ0v) is 14.6. The van der Waals surface area contributed by atoms with Gasteiger partial charge >= 0.3 is 6.09 Å². The summed E-state index contributed by atoms with van der Waals surface area (Å²) in [5.41, 5.74) is -0.174. The summed E-state index contributed by atoms with van der Waals surface area (Å²) in [4.78, 5) is 27.9. The van der Waals surface area contributed by atoms with Gasteiger partial charge in [0.15, 0.2) is 0 Å². The van der Waals surface area contributed by atoms with Gasteiger partial charge in [-0.15, -0.1) is 11.3 Å². The average molecular weight is 351 g/mol. The minimum absolute atomic E-state index is 0.0866. The van der Waals surface area contributed by atoms with Gasteiger partial charge in [0.2, 0.25) is 0 Å². The SMILES string of the molecule is Cc1nc(C(=O)Nc2ccc(F)c(NC(=O)OC(C)(C)C)c2)cs1. The van der Waals surface area contributed by atoms with E-state index in [2.05, 4.69) is 15.6 Å². The molecule has 0 aliphatic carbocycles. The molecule has 0 bridgehead atoms. The average Bonchev–Trinajstić information content (AvgIpc) is 2.87. The zero-order chi connectivity index (χ0) is 17.9. The molecule has 1 aromatic carbocycles. The van der Waals surface area contributed by atoms with Crippen LogP contribution in [0.5, 0.6) is 0 Å². The van der Waals surface area contributed by atoms with Crippen LogP contribution in [0, 0.1) is 12.7 Å². The van der Waals surface area contributed by atoms with Crippen LogP contribution < -0.4 is 10.6 Å². The fourth-order valence-electron chi connectivity index (χ4n) is 1.78. The summed E-state index contributed by atoms with van der Waals surface area (Å²) in [6.07, 6.45) is -0.778. The molecular weight excluding hydrogens is 333 g/mol. The maximum atomic E-state index is 13.8. The quantitative estimate of drug-likeness (QED) is 0.869. The van der Waals surface area contributed by atoms with Gasteiger partial charge in [0, 0.05) is 11.1 Å². The highest BCUT2D eigenvalue weighted by molar-refractivity contribution is 7.09. The lowest BCUT2D eigenvalue weighted by Gasteiger charge is -2.20. The molecular formula is C16H18FN3O3S. The molecule has 2 rings (SSSR count). The number of anilines is 2. The molecule has 2 aromatic rings. The van der Waals surface area contributed by atoms with Gasteiger partial charge in [-0.25, -0.2) is 14.2 Å². The number of aromatic nitrogens is 1. The van der Waals surface area contributed by atoms with Crippen molar-refractivity contribution in [2.45, 2.75) is 33.3 Å². The molecule has 2 amide bonds. The topological polar surface area (TPSA) is 80.3 Å². The van der Waals surface area contributed by atoms with E-state index in [1.807, 2.05) is 0 Å². The Morgan fingerprint density at radius 1 is 1.25 bits per heavy atom. The Labute approximate surface area is 143 Å². The Bertz CT molecular complexity index is 768. The molecule has 0 saturated carbocycles. The fraction of sp³-hybridized carbons (Fsp3) is 0.312. The maximum Gasteiger partial charge on any atom is 0.412 e. The van der Waals surface area contributed by atoms with Crippen molar-refractivity contribution in [3.8, 4) is 0 Å². The predicted octanol–water partition coefficient (Wildman–Crippen LogP) is 4.19.